The van der Waals surface area contributed by atoms with Gasteiger partial charge in [-0.2, -0.15) is 9.78 Å². The van der Waals surface area contributed by atoms with Crippen molar-refractivity contribution in [2.75, 3.05) is 0 Å². The molecular formula is C33H54O6. The van der Waals surface area contributed by atoms with Gasteiger partial charge in [-0.25, -0.2) is 19.4 Å². The predicted octanol–water partition coefficient (Wildman–Crippen LogP) is 8.87. The molecule has 6 heteroatoms. The highest BCUT2D eigenvalue weighted by Gasteiger charge is 2.62. The van der Waals surface area contributed by atoms with Gasteiger partial charge in [0.15, 0.2) is 0 Å². The Labute approximate surface area is 237 Å². The summed E-state index contributed by atoms with van der Waals surface area (Å²) in [5, 5.41) is 0. The Kier molecular flexibility index (Phi) is 10.5. The highest BCUT2D eigenvalue weighted by Crippen LogP contribution is 2.57. The van der Waals surface area contributed by atoms with Crippen LogP contribution in [0.3, 0.4) is 0 Å². The molecule has 1 unspecified atom stereocenters. The van der Waals surface area contributed by atoms with Crippen LogP contribution >= 0.6 is 0 Å². The van der Waals surface area contributed by atoms with Gasteiger partial charge in [-0.05, 0) is 47.5 Å². The van der Waals surface area contributed by atoms with Gasteiger partial charge in [0.25, 0.3) is 0 Å². The lowest BCUT2D eigenvalue weighted by Gasteiger charge is -2.52. The maximum Gasteiger partial charge on any atom is 0.420 e. The molecule has 0 bridgehead atoms. The van der Waals surface area contributed by atoms with E-state index in [4.69, 9.17) is 19.6 Å². The van der Waals surface area contributed by atoms with E-state index in [2.05, 4.69) is 76.2 Å². The van der Waals surface area contributed by atoms with Gasteiger partial charge in [-0.3, -0.25) is 0 Å². The van der Waals surface area contributed by atoms with Crippen molar-refractivity contribution in [3.05, 3.63) is 35.9 Å². The molecule has 0 radical (unpaired) electrons. The lowest BCUT2D eigenvalue weighted by Crippen LogP contribution is -2.56. The van der Waals surface area contributed by atoms with Crippen molar-refractivity contribution >= 4 is 11.9 Å². The standard InChI is InChI=1S/C33H54O6/c1-28(2,3)21-15-17-23-32(30(7,8)9,31(10,11)25-19-13-12-14-20-25)26(34)36-37-27(35)33(38-39-33)24-18-16-22-29(4,5)6/h12-14,19-20H,15-18,21-24H2,1-11H3. The number of carbonyl (C=O) groups excluding carboxylic acids is 2. The molecule has 0 aliphatic carbocycles. The number of hydrogen-bond donors (Lipinski definition) is 0. The monoisotopic (exact) mass is 546 g/mol. The normalized spacial score (nSPS) is 17.3. The molecule has 1 heterocycles. The van der Waals surface area contributed by atoms with Crippen molar-refractivity contribution in [1.29, 1.82) is 0 Å². The molecule has 0 saturated carbocycles. The van der Waals surface area contributed by atoms with Gasteiger partial charge >= 0.3 is 17.7 Å². The van der Waals surface area contributed by atoms with Crippen LogP contribution in [0.5, 0.6) is 0 Å². The Hall–Kier alpha value is -1.92. The topological polar surface area (TPSA) is 77.7 Å². The van der Waals surface area contributed by atoms with Crippen molar-refractivity contribution in [2.45, 2.75) is 139 Å². The summed E-state index contributed by atoms with van der Waals surface area (Å²) in [7, 11) is 0. The highest BCUT2D eigenvalue weighted by atomic mass is 17.4. The molecule has 6 nitrogen and oxygen atoms in total. The second kappa shape index (κ2) is 12.3. The first-order valence-electron chi connectivity index (χ1n) is 14.6. The van der Waals surface area contributed by atoms with E-state index in [1.165, 1.54) is 0 Å². The van der Waals surface area contributed by atoms with Crippen molar-refractivity contribution < 1.29 is 29.1 Å². The molecule has 1 aromatic rings. The summed E-state index contributed by atoms with van der Waals surface area (Å²) < 4.78 is 0. The third-order valence-corrected chi connectivity index (χ3v) is 8.39. The minimum atomic E-state index is -1.48. The number of hydrogen-bond acceptors (Lipinski definition) is 6. The average molecular weight is 547 g/mol. The van der Waals surface area contributed by atoms with E-state index in [1.54, 1.807) is 0 Å². The number of carbonyl (C=O) groups is 2. The lowest BCUT2D eigenvalue weighted by atomic mass is 9.49. The fraction of sp³-hybridized carbons (Fsp3) is 0.758. The van der Waals surface area contributed by atoms with Crippen molar-refractivity contribution in [1.82, 2.24) is 0 Å². The summed E-state index contributed by atoms with van der Waals surface area (Å²) in [5.41, 5.74) is -0.651. The number of benzene rings is 1. The lowest BCUT2D eigenvalue weighted by molar-refractivity contribution is -0.278. The first-order chi connectivity index (χ1) is 17.8. The molecule has 222 valence electrons. The molecule has 1 aliphatic rings. The van der Waals surface area contributed by atoms with E-state index >= 15 is 0 Å². The van der Waals surface area contributed by atoms with Gasteiger partial charge < -0.3 is 0 Å². The first kappa shape index (κ1) is 33.3. The summed E-state index contributed by atoms with van der Waals surface area (Å²) in [6, 6.07) is 10.0. The van der Waals surface area contributed by atoms with E-state index in [1.807, 2.05) is 30.3 Å². The molecule has 0 amide bonds. The maximum absolute atomic E-state index is 14.2. The number of rotatable bonds is 12. The summed E-state index contributed by atoms with van der Waals surface area (Å²) in [4.78, 5) is 47.8. The Morgan fingerprint density at radius 2 is 1.18 bits per heavy atom. The average Bonchev–Trinajstić information content (AvgIpc) is 3.59. The first-order valence-corrected chi connectivity index (χ1v) is 14.6. The summed E-state index contributed by atoms with van der Waals surface area (Å²) in [6.07, 6.45) is 6.51. The maximum atomic E-state index is 14.2. The predicted molar refractivity (Wildman–Crippen MR) is 154 cm³/mol. The van der Waals surface area contributed by atoms with Crippen LogP contribution in [0, 0.1) is 21.7 Å². The van der Waals surface area contributed by atoms with Crippen molar-refractivity contribution in [3.63, 3.8) is 0 Å². The Bertz CT molecular complexity index is 941. The quantitative estimate of drug-likeness (QED) is 0.113. The van der Waals surface area contributed by atoms with E-state index in [-0.39, 0.29) is 10.8 Å². The fourth-order valence-electron chi connectivity index (χ4n) is 5.96. The number of unbranched alkanes of at least 4 members (excludes halogenated alkanes) is 2. The summed E-state index contributed by atoms with van der Waals surface area (Å²) in [6.45, 7) is 23.6. The van der Waals surface area contributed by atoms with Crippen LogP contribution in [-0.2, 0) is 34.6 Å². The molecule has 2 rings (SSSR count). The van der Waals surface area contributed by atoms with Gasteiger partial charge in [0.1, 0.15) is 0 Å². The zero-order valence-electron chi connectivity index (χ0n) is 26.5. The van der Waals surface area contributed by atoms with E-state index in [9.17, 15) is 9.59 Å². The molecule has 1 saturated heterocycles. The van der Waals surface area contributed by atoms with Crippen LogP contribution in [0.4, 0.5) is 0 Å². The van der Waals surface area contributed by atoms with Crippen LogP contribution in [0.1, 0.15) is 133 Å². The van der Waals surface area contributed by atoms with Crippen LogP contribution in [0.25, 0.3) is 0 Å². The highest BCUT2D eigenvalue weighted by molar-refractivity contribution is 5.83. The minimum absolute atomic E-state index is 0.209. The van der Waals surface area contributed by atoms with Gasteiger partial charge in [0.2, 0.25) is 0 Å². The molecule has 1 fully saturated rings. The van der Waals surface area contributed by atoms with Crippen molar-refractivity contribution in [3.8, 4) is 0 Å². The molecule has 0 N–H and O–H groups in total. The molecule has 1 atom stereocenters. The molecule has 39 heavy (non-hydrogen) atoms. The van der Waals surface area contributed by atoms with Crippen LogP contribution in [-0.4, -0.2) is 17.7 Å². The van der Waals surface area contributed by atoms with Gasteiger partial charge in [0, 0.05) is 11.8 Å². The van der Waals surface area contributed by atoms with E-state index < -0.39 is 34.0 Å². The fourth-order valence-corrected chi connectivity index (χ4v) is 5.96. The Balaban J connectivity index is 2.26. The Morgan fingerprint density at radius 1 is 0.692 bits per heavy atom. The van der Waals surface area contributed by atoms with Crippen LogP contribution in [0.15, 0.2) is 30.3 Å². The van der Waals surface area contributed by atoms with Gasteiger partial charge in [-0.15, -0.1) is 0 Å². The minimum Gasteiger partial charge on any atom is -0.247 e. The smallest absolute Gasteiger partial charge is 0.247 e. The van der Waals surface area contributed by atoms with E-state index in [0.717, 1.165) is 44.1 Å². The van der Waals surface area contributed by atoms with Crippen LogP contribution in [0.2, 0.25) is 0 Å². The zero-order valence-corrected chi connectivity index (χ0v) is 26.5. The summed E-state index contributed by atoms with van der Waals surface area (Å²) >= 11 is 0. The third-order valence-electron chi connectivity index (χ3n) is 8.39. The van der Waals surface area contributed by atoms with Crippen LogP contribution < -0.4 is 0 Å². The second-order valence-corrected chi connectivity index (χ2v) is 15.3. The third kappa shape index (κ3) is 8.53. The van der Waals surface area contributed by atoms with Crippen molar-refractivity contribution in [2.24, 2.45) is 21.7 Å². The van der Waals surface area contributed by atoms with Gasteiger partial charge in [-0.1, -0.05) is 126 Å². The SMILES string of the molecule is CC(C)(C)CCCCC1(C(=O)OOC(=O)C(CCCCC(C)(C)C)(C(C)(C)C)C(C)(C)c2ccccc2)OO1. The van der Waals surface area contributed by atoms with Gasteiger partial charge in [0.05, 0.1) is 5.41 Å². The molecular weight excluding hydrogens is 492 g/mol. The molecule has 0 spiro atoms. The molecule has 1 aliphatic heterocycles. The van der Waals surface area contributed by atoms with E-state index in [0.29, 0.717) is 12.8 Å². The zero-order chi connectivity index (χ0) is 29.8. The largest absolute Gasteiger partial charge is 0.420 e. The molecule has 0 aromatic heterocycles. The summed E-state index contributed by atoms with van der Waals surface area (Å²) in [5.74, 6) is -2.85. The second-order valence-electron chi connectivity index (χ2n) is 15.3. The Morgan fingerprint density at radius 3 is 1.64 bits per heavy atom. The molecule has 1 aromatic carbocycles.